The van der Waals surface area contributed by atoms with Crippen LogP contribution in [0.15, 0.2) is 24.3 Å². The number of halogens is 4. The molecule has 0 amide bonds. The third kappa shape index (κ3) is 7.28. The van der Waals surface area contributed by atoms with Gasteiger partial charge in [-0.25, -0.2) is 0 Å². The first-order valence-corrected chi connectivity index (χ1v) is 5.68. The zero-order valence-electron chi connectivity index (χ0n) is 11.1. The maximum Gasteiger partial charge on any atom is 0.390 e. The van der Waals surface area contributed by atoms with Crippen LogP contribution in [0.4, 0.5) is 13.2 Å². The Labute approximate surface area is 117 Å². The summed E-state index contributed by atoms with van der Waals surface area (Å²) in [5, 5.41) is 0. The third-order valence-electron chi connectivity index (χ3n) is 2.18. The highest BCUT2D eigenvalue weighted by Crippen LogP contribution is 2.29. The normalized spacial score (nSPS) is 13.6. The van der Waals surface area contributed by atoms with E-state index in [0.29, 0.717) is 11.3 Å². The fourth-order valence-corrected chi connectivity index (χ4v) is 1.50. The van der Waals surface area contributed by atoms with Crippen LogP contribution in [0, 0.1) is 0 Å². The maximum absolute atomic E-state index is 12.2. The van der Waals surface area contributed by atoms with Crippen molar-refractivity contribution in [1.29, 1.82) is 0 Å². The van der Waals surface area contributed by atoms with Crippen molar-refractivity contribution in [2.24, 2.45) is 5.73 Å². The lowest BCUT2D eigenvalue weighted by Crippen LogP contribution is -2.23. The molecule has 0 aliphatic heterocycles. The van der Waals surface area contributed by atoms with E-state index < -0.39 is 18.6 Å². The highest BCUT2D eigenvalue weighted by molar-refractivity contribution is 5.85. The van der Waals surface area contributed by atoms with Gasteiger partial charge in [-0.05, 0) is 38.5 Å². The lowest BCUT2D eigenvalue weighted by Gasteiger charge is -2.22. The molecule has 110 valence electrons. The molecule has 0 spiro atoms. The molecule has 1 aromatic rings. The van der Waals surface area contributed by atoms with Gasteiger partial charge in [-0.15, -0.1) is 12.4 Å². The number of ether oxygens (including phenoxy) is 1. The molecule has 2 N–H and O–H groups in total. The SMILES string of the molecule is CC(C)(C)Oc1ccc([C@@H](N)CC(F)(F)F)cc1.Cl. The zero-order chi connectivity index (χ0) is 14.0. The minimum atomic E-state index is -4.25. The van der Waals surface area contributed by atoms with Crippen LogP contribution in [0.3, 0.4) is 0 Å². The molecule has 0 radical (unpaired) electrons. The summed E-state index contributed by atoms with van der Waals surface area (Å²) in [5.74, 6) is 0.616. The van der Waals surface area contributed by atoms with Gasteiger partial charge in [0.25, 0.3) is 0 Å². The van der Waals surface area contributed by atoms with Crippen molar-refractivity contribution in [3.8, 4) is 5.75 Å². The van der Waals surface area contributed by atoms with E-state index >= 15 is 0 Å². The van der Waals surface area contributed by atoms with Crippen molar-refractivity contribution >= 4 is 12.4 Å². The Balaban J connectivity index is 0.00000324. The van der Waals surface area contributed by atoms with Crippen LogP contribution in [0.25, 0.3) is 0 Å². The lowest BCUT2D eigenvalue weighted by molar-refractivity contribution is -0.138. The summed E-state index contributed by atoms with van der Waals surface area (Å²) in [4.78, 5) is 0. The van der Waals surface area contributed by atoms with Crippen molar-refractivity contribution in [3.63, 3.8) is 0 Å². The molecule has 0 unspecified atom stereocenters. The van der Waals surface area contributed by atoms with Gasteiger partial charge in [0.2, 0.25) is 0 Å². The predicted octanol–water partition coefficient (Wildman–Crippen LogP) is 4.24. The Kier molecular flexibility index (Phi) is 6.16. The molecule has 6 heteroatoms. The summed E-state index contributed by atoms with van der Waals surface area (Å²) in [7, 11) is 0. The fraction of sp³-hybridized carbons (Fsp3) is 0.538. The number of benzene rings is 1. The number of rotatable bonds is 3. The number of alkyl halides is 3. The van der Waals surface area contributed by atoms with E-state index in [1.54, 1.807) is 24.3 Å². The van der Waals surface area contributed by atoms with Crippen LogP contribution in [0.5, 0.6) is 5.75 Å². The van der Waals surface area contributed by atoms with E-state index in [1.165, 1.54) is 0 Å². The van der Waals surface area contributed by atoms with Crippen molar-refractivity contribution in [3.05, 3.63) is 29.8 Å². The van der Waals surface area contributed by atoms with E-state index in [2.05, 4.69) is 0 Å². The van der Waals surface area contributed by atoms with Crippen LogP contribution < -0.4 is 10.5 Å². The first-order valence-electron chi connectivity index (χ1n) is 5.68. The van der Waals surface area contributed by atoms with E-state index in [0.717, 1.165) is 0 Å². The first-order chi connectivity index (χ1) is 8.07. The van der Waals surface area contributed by atoms with Gasteiger partial charge >= 0.3 is 6.18 Å². The molecule has 1 atom stereocenters. The van der Waals surface area contributed by atoms with Crippen molar-refractivity contribution < 1.29 is 17.9 Å². The minimum absolute atomic E-state index is 0. The molecule has 0 aliphatic rings. The molecule has 19 heavy (non-hydrogen) atoms. The summed E-state index contributed by atoms with van der Waals surface area (Å²) in [5.41, 5.74) is 5.61. The van der Waals surface area contributed by atoms with Gasteiger partial charge in [-0.1, -0.05) is 12.1 Å². The van der Waals surface area contributed by atoms with Crippen molar-refractivity contribution in [2.75, 3.05) is 0 Å². The molecule has 1 aromatic carbocycles. The molecule has 0 heterocycles. The number of hydrogen-bond acceptors (Lipinski definition) is 2. The molecule has 0 aromatic heterocycles. The maximum atomic E-state index is 12.2. The Hall–Kier alpha value is -0.940. The Morgan fingerprint density at radius 1 is 1.11 bits per heavy atom. The van der Waals surface area contributed by atoms with Crippen LogP contribution in [-0.4, -0.2) is 11.8 Å². The first kappa shape index (κ1) is 18.1. The molecule has 0 fully saturated rings. The highest BCUT2D eigenvalue weighted by Gasteiger charge is 2.30. The number of hydrogen-bond donors (Lipinski definition) is 1. The van der Waals surface area contributed by atoms with Crippen molar-refractivity contribution in [2.45, 2.75) is 45.0 Å². The summed E-state index contributed by atoms with van der Waals surface area (Å²) >= 11 is 0. The molecule has 0 bridgehead atoms. The van der Waals surface area contributed by atoms with Gasteiger partial charge in [0.15, 0.2) is 0 Å². The highest BCUT2D eigenvalue weighted by atomic mass is 35.5. The molecule has 0 aliphatic carbocycles. The average molecular weight is 298 g/mol. The van der Waals surface area contributed by atoms with Gasteiger partial charge < -0.3 is 10.5 Å². The minimum Gasteiger partial charge on any atom is -0.488 e. The van der Waals surface area contributed by atoms with Gasteiger partial charge in [0.05, 0.1) is 6.42 Å². The van der Waals surface area contributed by atoms with Gasteiger partial charge in [-0.2, -0.15) is 13.2 Å². The largest absolute Gasteiger partial charge is 0.488 e. The van der Waals surface area contributed by atoms with E-state index in [-0.39, 0.29) is 18.0 Å². The van der Waals surface area contributed by atoms with Gasteiger partial charge in [0.1, 0.15) is 11.4 Å². The average Bonchev–Trinajstić information content (AvgIpc) is 2.13. The third-order valence-corrected chi connectivity index (χ3v) is 2.18. The lowest BCUT2D eigenvalue weighted by atomic mass is 10.0. The summed E-state index contributed by atoms with van der Waals surface area (Å²) in [6.07, 6.45) is -5.27. The van der Waals surface area contributed by atoms with Crippen molar-refractivity contribution in [1.82, 2.24) is 0 Å². The Morgan fingerprint density at radius 3 is 1.95 bits per heavy atom. The van der Waals surface area contributed by atoms with Gasteiger partial charge in [0, 0.05) is 6.04 Å². The second-order valence-corrected chi connectivity index (χ2v) is 5.21. The topological polar surface area (TPSA) is 35.2 Å². The number of nitrogens with two attached hydrogens (primary N) is 1. The van der Waals surface area contributed by atoms with E-state index in [1.807, 2.05) is 20.8 Å². The molecule has 1 rings (SSSR count). The smallest absolute Gasteiger partial charge is 0.390 e. The second kappa shape index (κ2) is 6.48. The summed E-state index contributed by atoms with van der Waals surface area (Å²) in [6.45, 7) is 5.70. The Morgan fingerprint density at radius 2 is 1.58 bits per heavy atom. The van der Waals surface area contributed by atoms with Crippen LogP contribution in [0.1, 0.15) is 38.8 Å². The molecule has 0 saturated heterocycles. The zero-order valence-corrected chi connectivity index (χ0v) is 11.9. The van der Waals surface area contributed by atoms with E-state index in [9.17, 15) is 13.2 Å². The van der Waals surface area contributed by atoms with Crippen LogP contribution in [0.2, 0.25) is 0 Å². The molecule has 2 nitrogen and oxygen atoms in total. The molecule has 0 saturated carbocycles. The summed E-state index contributed by atoms with van der Waals surface area (Å²) < 4.78 is 42.1. The standard InChI is InChI=1S/C13H18F3NO.ClH/c1-12(2,3)18-10-6-4-9(5-7-10)11(17)8-13(14,15)16;/h4-7,11H,8,17H2,1-3H3;1H/t11-;/m0./s1. The summed E-state index contributed by atoms with van der Waals surface area (Å²) in [6, 6.07) is 5.37. The van der Waals surface area contributed by atoms with Crippen LogP contribution in [-0.2, 0) is 0 Å². The fourth-order valence-electron chi connectivity index (χ4n) is 1.50. The Bertz CT molecular complexity index is 384. The molecular formula is C13H19ClF3NO. The van der Waals surface area contributed by atoms with Crippen LogP contribution >= 0.6 is 12.4 Å². The monoisotopic (exact) mass is 297 g/mol. The van der Waals surface area contributed by atoms with Gasteiger partial charge in [-0.3, -0.25) is 0 Å². The van der Waals surface area contributed by atoms with E-state index in [4.69, 9.17) is 10.5 Å². The second-order valence-electron chi connectivity index (χ2n) is 5.21. The molecular weight excluding hydrogens is 279 g/mol. The predicted molar refractivity (Wildman–Crippen MR) is 71.7 cm³/mol. The quantitative estimate of drug-likeness (QED) is 0.906.